The summed E-state index contributed by atoms with van der Waals surface area (Å²) in [5.41, 5.74) is 1.67. The number of aromatic nitrogens is 2. The summed E-state index contributed by atoms with van der Waals surface area (Å²) in [6.45, 7) is 8.99. The first-order valence-corrected chi connectivity index (χ1v) is 14.3. The molecule has 41 heavy (non-hydrogen) atoms. The van der Waals surface area contributed by atoms with Gasteiger partial charge in [-0.3, -0.25) is 4.90 Å². The summed E-state index contributed by atoms with van der Waals surface area (Å²) < 4.78 is 45.2. The van der Waals surface area contributed by atoms with Gasteiger partial charge in [0.05, 0.1) is 11.1 Å². The minimum Gasteiger partial charge on any atom is -0.444 e. The minimum absolute atomic E-state index is 0.0220. The number of fused-ring (bicyclic) bond motifs is 3. The van der Waals surface area contributed by atoms with E-state index < -0.39 is 22.5 Å². The zero-order chi connectivity index (χ0) is 29.5. The van der Waals surface area contributed by atoms with Gasteiger partial charge in [0, 0.05) is 66.9 Å². The number of anilines is 1. The molecule has 0 saturated carbocycles. The fourth-order valence-corrected chi connectivity index (χ4v) is 5.70. The van der Waals surface area contributed by atoms with Crippen LogP contribution in [0.2, 0.25) is 10.0 Å². The number of hydrogen-bond donors (Lipinski definition) is 3. The zero-order valence-electron chi connectivity index (χ0n) is 23.0. The number of alkyl halides is 3. The molecular formula is C28H33Cl2F3N6O2. The number of pyridine rings is 1. The van der Waals surface area contributed by atoms with Gasteiger partial charge in [0.15, 0.2) is 5.69 Å². The number of nitrogens with zero attached hydrogens (tertiary/aromatic N) is 3. The van der Waals surface area contributed by atoms with E-state index in [1.54, 1.807) is 4.90 Å². The molecule has 4 heterocycles. The average molecular weight is 614 g/mol. The van der Waals surface area contributed by atoms with Crippen LogP contribution in [0.4, 0.5) is 23.8 Å². The van der Waals surface area contributed by atoms with Crippen LogP contribution in [0.3, 0.4) is 0 Å². The number of carbonyl (C=O) groups excluding carboxylic acids is 1. The van der Waals surface area contributed by atoms with Gasteiger partial charge in [0.2, 0.25) is 0 Å². The van der Waals surface area contributed by atoms with Crippen LogP contribution in [0.15, 0.2) is 30.3 Å². The molecule has 0 radical (unpaired) electrons. The standard InChI is InChI=1S/C28H33Cl2F3N6O2/c1-27(2,3)41-26(40)39-14-17(15-39)35-13-22-24-18(19-12-16(29)4-6-21(19)36-24)8-10-38(22)11-9-34-23-7-5-20(30)25(37-23)28(31,32)33/h4-7,12,17,22,35-36H,8-11,13-15H2,1-3H3,(H,34,37). The van der Waals surface area contributed by atoms with Gasteiger partial charge >= 0.3 is 12.3 Å². The van der Waals surface area contributed by atoms with Crippen LogP contribution in [0.1, 0.15) is 43.8 Å². The van der Waals surface area contributed by atoms with E-state index in [4.69, 9.17) is 27.9 Å². The Hall–Kier alpha value is -2.73. The summed E-state index contributed by atoms with van der Waals surface area (Å²) in [7, 11) is 0. The Balaban J connectivity index is 1.27. The highest BCUT2D eigenvalue weighted by Crippen LogP contribution is 2.36. The average Bonchev–Trinajstić information content (AvgIpc) is 3.21. The van der Waals surface area contributed by atoms with Gasteiger partial charge in [-0.2, -0.15) is 13.2 Å². The number of aromatic amines is 1. The van der Waals surface area contributed by atoms with Crippen molar-refractivity contribution in [3.8, 4) is 0 Å². The van der Waals surface area contributed by atoms with Crippen LogP contribution >= 0.6 is 23.2 Å². The number of likely N-dealkylation sites (tertiary alicyclic amines) is 1. The van der Waals surface area contributed by atoms with Crippen molar-refractivity contribution in [2.24, 2.45) is 0 Å². The molecule has 3 N–H and O–H groups in total. The van der Waals surface area contributed by atoms with E-state index >= 15 is 0 Å². The number of ether oxygens (including phenoxy) is 1. The van der Waals surface area contributed by atoms with E-state index in [9.17, 15) is 18.0 Å². The number of amides is 1. The Morgan fingerprint density at radius 1 is 1.17 bits per heavy atom. The van der Waals surface area contributed by atoms with Crippen molar-refractivity contribution in [3.05, 3.63) is 57.3 Å². The third-order valence-electron chi connectivity index (χ3n) is 7.28. The lowest BCUT2D eigenvalue weighted by Gasteiger charge is -2.42. The molecule has 1 atom stereocenters. The molecule has 2 aliphatic heterocycles. The highest BCUT2D eigenvalue weighted by Gasteiger charge is 2.37. The maximum Gasteiger partial charge on any atom is 0.434 e. The van der Waals surface area contributed by atoms with Gasteiger partial charge in [-0.25, -0.2) is 9.78 Å². The van der Waals surface area contributed by atoms with Crippen LogP contribution in [0.5, 0.6) is 0 Å². The van der Waals surface area contributed by atoms with Crippen molar-refractivity contribution < 1.29 is 22.7 Å². The molecule has 1 unspecified atom stereocenters. The summed E-state index contributed by atoms with van der Waals surface area (Å²) in [4.78, 5) is 23.6. The third kappa shape index (κ3) is 6.85. The number of hydrogen-bond acceptors (Lipinski definition) is 6. The number of carbonyl (C=O) groups is 1. The minimum atomic E-state index is -4.63. The fraction of sp³-hybridized carbons (Fsp3) is 0.500. The lowest BCUT2D eigenvalue weighted by Crippen LogP contribution is -2.61. The second kappa shape index (κ2) is 11.5. The fourth-order valence-electron chi connectivity index (χ4n) is 5.32. The molecule has 1 aromatic carbocycles. The predicted molar refractivity (Wildman–Crippen MR) is 154 cm³/mol. The topological polar surface area (TPSA) is 85.5 Å². The smallest absolute Gasteiger partial charge is 0.434 e. The molecule has 0 aliphatic carbocycles. The SMILES string of the molecule is CC(C)(C)OC(=O)N1CC(NCC2c3[nH]c4ccc(Cl)cc4c3CCN2CCNc2ccc(Cl)c(C(F)(F)F)n2)C1. The van der Waals surface area contributed by atoms with Crippen molar-refractivity contribution in [1.29, 1.82) is 0 Å². The summed E-state index contributed by atoms with van der Waals surface area (Å²) in [5, 5.41) is 7.95. The van der Waals surface area contributed by atoms with E-state index in [2.05, 4.69) is 25.5 Å². The highest BCUT2D eigenvalue weighted by atomic mass is 35.5. The quantitative estimate of drug-likeness (QED) is 0.298. The van der Waals surface area contributed by atoms with E-state index in [1.165, 1.54) is 17.7 Å². The van der Waals surface area contributed by atoms with Gasteiger partial charge in [0.1, 0.15) is 11.4 Å². The van der Waals surface area contributed by atoms with Gasteiger partial charge in [-0.1, -0.05) is 23.2 Å². The molecule has 2 aromatic heterocycles. The molecule has 2 aliphatic rings. The second-order valence-electron chi connectivity index (χ2n) is 11.5. The van der Waals surface area contributed by atoms with Crippen molar-refractivity contribution in [1.82, 2.24) is 25.1 Å². The van der Waals surface area contributed by atoms with E-state index in [1.807, 2.05) is 39.0 Å². The van der Waals surface area contributed by atoms with Crippen molar-refractivity contribution >= 4 is 46.0 Å². The number of H-pyrrole nitrogens is 1. The van der Waals surface area contributed by atoms with Crippen LogP contribution < -0.4 is 10.6 Å². The molecule has 5 rings (SSSR count). The molecular weight excluding hydrogens is 580 g/mol. The Morgan fingerprint density at radius 3 is 2.63 bits per heavy atom. The van der Waals surface area contributed by atoms with E-state index in [0.29, 0.717) is 37.7 Å². The summed E-state index contributed by atoms with van der Waals surface area (Å²) in [6, 6.07) is 8.56. The van der Waals surface area contributed by atoms with E-state index in [0.717, 1.165) is 29.6 Å². The first-order valence-electron chi connectivity index (χ1n) is 13.5. The summed E-state index contributed by atoms with van der Waals surface area (Å²) in [6.07, 6.45) is -4.15. The lowest BCUT2D eigenvalue weighted by atomic mass is 9.96. The van der Waals surface area contributed by atoms with Gasteiger partial charge < -0.3 is 25.3 Å². The Morgan fingerprint density at radius 2 is 1.93 bits per heavy atom. The molecule has 13 heteroatoms. The summed E-state index contributed by atoms with van der Waals surface area (Å²) in [5.74, 6) is 0.117. The third-order valence-corrected chi connectivity index (χ3v) is 7.82. The lowest BCUT2D eigenvalue weighted by molar-refractivity contribution is -0.141. The first-order chi connectivity index (χ1) is 19.3. The molecule has 3 aromatic rings. The Bertz CT molecular complexity index is 1420. The Kier molecular flexibility index (Phi) is 8.35. The van der Waals surface area contributed by atoms with Crippen molar-refractivity contribution in [2.45, 2.75) is 51.1 Å². The van der Waals surface area contributed by atoms with Crippen LogP contribution in [0, 0.1) is 0 Å². The normalized spacial score (nSPS) is 18.3. The molecule has 222 valence electrons. The van der Waals surface area contributed by atoms with Gasteiger partial charge in [0.25, 0.3) is 0 Å². The number of nitrogens with one attached hydrogen (secondary N) is 3. The largest absolute Gasteiger partial charge is 0.444 e. The van der Waals surface area contributed by atoms with Crippen LogP contribution in [0.25, 0.3) is 10.9 Å². The first kappa shape index (κ1) is 29.8. The molecule has 0 spiro atoms. The molecule has 8 nitrogen and oxygen atoms in total. The van der Waals surface area contributed by atoms with Crippen molar-refractivity contribution in [2.75, 3.05) is 44.6 Å². The monoisotopic (exact) mass is 612 g/mol. The second-order valence-corrected chi connectivity index (χ2v) is 12.3. The molecule has 1 amide bonds. The summed E-state index contributed by atoms with van der Waals surface area (Å²) >= 11 is 12.0. The molecule has 1 saturated heterocycles. The maximum absolute atomic E-state index is 13.2. The Labute approximate surface area is 246 Å². The molecule has 0 bridgehead atoms. The molecule has 1 fully saturated rings. The van der Waals surface area contributed by atoms with Gasteiger partial charge in [-0.05, 0) is 63.1 Å². The van der Waals surface area contributed by atoms with Crippen molar-refractivity contribution in [3.63, 3.8) is 0 Å². The zero-order valence-corrected chi connectivity index (χ0v) is 24.6. The van der Waals surface area contributed by atoms with E-state index in [-0.39, 0.29) is 24.0 Å². The number of halogens is 5. The van der Waals surface area contributed by atoms with Crippen LogP contribution in [-0.4, -0.2) is 76.8 Å². The highest BCUT2D eigenvalue weighted by molar-refractivity contribution is 6.31. The van der Waals surface area contributed by atoms with Gasteiger partial charge in [-0.15, -0.1) is 0 Å². The predicted octanol–water partition coefficient (Wildman–Crippen LogP) is 6.11. The number of benzene rings is 1. The van der Waals surface area contributed by atoms with Crippen LogP contribution in [-0.2, 0) is 17.3 Å². The maximum atomic E-state index is 13.2. The number of rotatable bonds is 7.